The van der Waals surface area contributed by atoms with Crippen molar-refractivity contribution in [3.8, 4) is 0 Å². The van der Waals surface area contributed by atoms with E-state index in [9.17, 15) is 4.79 Å². The molecule has 0 aromatic heterocycles. The molecular weight excluding hydrogens is 204 g/mol. The summed E-state index contributed by atoms with van der Waals surface area (Å²) in [7, 11) is 3.28. The van der Waals surface area contributed by atoms with Crippen LogP contribution in [0.3, 0.4) is 0 Å². The number of rotatable bonds is 5. The second kappa shape index (κ2) is 6.25. The molecule has 0 saturated heterocycles. The highest BCUT2D eigenvalue weighted by Gasteiger charge is 2.08. The fourth-order valence-corrected chi connectivity index (χ4v) is 1.45. The van der Waals surface area contributed by atoms with E-state index in [1.54, 1.807) is 11.9 Å². The van der Waals surface area contributed by atoms with Crippen LogP contribution in [-0.2, 0) is 22.6 Å². The number of carbonyl (C=O) groups is 1. The van der Waals surface area contributed by atoms with E-state index in [0.29, 0.717) is 13.1 Å². The van der Waals surface area contributed by atoms with Gasteiger partial charge in [0.2, 0.25) is 5.91 Å². The highest BCUT2D eigenvalue weighted by molar-refractivity contribution is 5.77. The third-order valence-corrected chi connectivity index (χ3v) is 2.34. The number of likely N-dealkylation sites (N-methyl/N-ethyl adjacent to an activating group) is 1. The Morgan fingerprint density at radius 3 is 2.75 bits per heavy atom. The highest BCUT2D eigenvalue weighted by atomic mass is 16.5. The van der Waals surface area contributed by atoms with Gasteiger partial charge in [-0.3, -0.25) is 4.79 Å². The highest BCUT2D eigenvalue weighted by Crippen LogP contribution is 2.07. The van der Waals surface area contributed by atoms with E-state index < -0.39 is 0 Å². The summed E-state index contributed by atoms with van der Waals surface area (Å²) in [4.78, 5) is 13.1. The minimum absolute atomic E-state index is 0.0272. The Kier molecular flexibility index (Phi) is 4.95. The smallest absolute Gasteiger partial charge is 0.248 e. The summed E-state index contributed by atoms with van der Waals surface area (Å²) in [5, 5.41) is 0. The molecule has 0 atom stereocenters. The molecule has 1 aromatic rings. The van der Waals surface area contributed by atoms with E-state index in [4.69, 9.17) is 10.5 Å². The lowest BCUT2D eigenvalue weighted by molar-refractivity contribution is -0.134. The van der Waals surface area contributed by atoms with Crippen molar-refractivity contribution in [1.29, 1.82) is 0 Å². The minimum Gasteiger partial charge on any atom is -0.375 e. The van der Waals surface area contributed by atoms with Gasteiger partial charge in [0.05, 0.1) is 0 Å². The summed E-state index contributed by atoms with van der Waals surface area (Å²) in [5.41, 5.74) is 7.71. The van der Waals surface area contributed by atoms with Crippen LogP contribution in [0.2, 0.25) is 0 Å². The van der Waals surface area contributed by atoms with Gasteiger partial charge in [-0.05, 0) is 11.1 Å². The molecule has 0 aliphatic carbocycles. The molecule has 0 heterocycles. The number of hydrogen-bond donors (Lipinski definition) is 1. The molecule has 0 spiro atoms. The van der Waals surface area contributed by atoms with Crippen LogP contribution in [0.15, 0.2) is 24.3 Å². The predicted molar refractivity (Wildman–Crippen MR) is 62.7 cm³/mol. The van der Waals surface area contributed by atoms with Crippen molar-refractivity contribution in [2.24, 2.45) is 5.73 Å². The Morgan fingerprint density at radius 2 is 2.12 bits per heavy atom. The molecule has 2 N–H and O–H groups in total. The predicted octanol–water partition coefficient (Wildman–Crippen LogP) is 0.750. The third kappa shape index (κ3) is 3.64. The van der Waals surface area contributed by atoms with Crippen LogP contribution < -0.4 is 5.73 Å². The van der Waals surface area contributed by atoms with Gasteiger partial charge in [0.15, 0.2) is 0 Å². The number of ether oxygens (including phenoxy) is 1. The van der Waals surface area contributed by atoms with Crippen molar-refractivity contribution in [1.82, 2.24) is 4.90 Å². The Hall–Kier alpha value is -1.39. The average molecular weight is 222 g/mol. The van der Waals surface area contributed by atoms with Crippen LogP contribution in [0, 0.1) is 0 Å². The summed E-state index contributed by atoms with van der Waals surface area (Å²) in [6.07, 6.45) is 0. The standard InChI is InChI=1S/C12H18N2O2/c1-14(12(15)9-16-2)8-11-5-3-4-10(6-11)7-13/h3-6H,7-9,13H2,1-2H3. The van der Waals surface area contributed by atoms with Gasteiger partial charge in [0.25, 0.3) is 0 Å². The Balaban J connectivity index is 2.61. The van der Waals surface area contributed by atoms with Crippen molar-refractivity contribution in [3.05, 3.63) is 35.4 Å². The van der Waals surface area contributed by atoms with E-state index in [2.05, 4.69) is 0 Å². The van der Waals surface area contributed by atoms with Crippen molar-refractivity contribution >= 4 is 5.91 Å². The fourth-order valence-electron chi connectivity index (χ4n) is 1.45. The maximum atomic E-state index is 11.5. The lowest BCUT2D eigenvalue weighted by Gasteiger charge is -2.17. The van der Waals surface area contributed by atoms with Gasteiger partial charge in [0.1, 0.15) is 6.61 Å². The zero-order valence-electron chi connectivity index (χ0n) is 9.77. The maximum Gasteiger partial charge on any atom is 0.248 e. The number of nitrogens with two attached hydrogens (primary N) is 1. The normalized spacial score (nSPS) is 10.2. The number of hydrogen-bond acceptors (Lipinski definition) is 3. The first-order valence-electron chi connectivity index (χ1n) is 5.18. The summed E-state index contributed by atoms with van der Waals surface area (Å²) in [5.74, 6) is -0.0272. The maximum absolute atomic E-state index is 11.5. The van der Waals surface area contributed by atoms with Crippen LogP contribution >= 0.6 is 0 Å². The first-order chi connectivity index (χ1) is 7.67. The van der Waals surface area contributed by atoms with E-state index >= 15 is 0 Å². The molecule has 0 aliphatic rings. The lowest BCUT2D eigenvalue weighted by Crippen LogP contribution is -2.29. The van der Waals surface area contributed by atoms with Crippen LogP contribution in [0.1, 0.15) is 11.1 Å². The Morgan fingerprint density at radius 1 is 1.44 bits per heavy atom. The van der Waals surface area contributed by atoms with Gasteiger partial charge in [-0.25, -0.2) is 0 Å². The summed E-state index contributed by atoms with van der Waals surface area (Å²) >= 11 is 0. The third-order valence-electron chi connectivity index (χ3n) is 2.34. The minimum atomic E-state index is -0.0272. The zero-order valence-corrected chi connectivity index (χ0v) is 9.77. The van der Waals surface area contributed by atoms with Gasteiger partial charge < -0.3 is 15.4 Å². The SMILES string of the molecule is COCC(=O)N(C)Cc1cccc(CN)c1. The lowest BCUT2D eigenvalue weighted by atomic mass is 10.1. The molecular formula is C12H18N2O2. The topological polar surface area (TPSA) is 55.6 Å². The summed E-state index contributed by atoms with van der Waals surface area (Å²) in [6, 6.07) is 7.92. The number of benzene rings is 1. The number of carbonyl (C=O) groups excluding carboxylic acids is 1. The molecule has 16 heavy (non-hydrogen) atoms. The molecule has 1 amide bonds. The van der Waals surface area contributed by atoms with Crippen LogP contribution in [0.4, 0.5) is 0 Å². The van der Waals surface area contributed by atoms with Gasteiger partial charge in [0, 0.05) is 27.2 Å². The molecule has 0 radical (unpaired) electrons. The molecule has 0 fully saturated rings. The van der Waals surface area contributed by atoms with Gasteiger partial charge in [-0.1, -0.05) is 24.3 Å². The van der Waals surface area contributed by atoms with Crippen molar-refractivity contribution in [3.63, 3.8) is 0 Å². The number of nitrogens with zero attached hydrogens (tertiary/aromatic N) is 1. The largest absolute Gasteiger partial charge is 0.375 e. The second-order valence-corrected chi connectivity index (χ2v) is 3.71. The monoisotopic (exact) mass is 222 g/mol. The fraction of sp³-hybridized carbons (Fsp3) is 0.417. The molecule has 4 heteroatoms. The first-order valence-corrected chi connectivity index (χ1v) is 5.18. The van der Waals surface area contributed by atoms with Crippen molar-refractivity contribution < 1.29 is 9.53 Å². The second-order valence-electron chi connectivity index (χ2n) is 3.71. The molecule has 1 rings (SSSR count). The molecule has 0 aliphatic heterocycles. The molecule has 0 unspecified atom stereocenters. The van der Waals surface area contributed by atoms with Crippen LogP contribution in [0.5, 0.6) is 0 Å². The summed E-state index contributed by atoms with van der Waals surface area (Å²) in [6.45, 7) is 1.21. The molecule has 4 nitrogen and oxygen atoms in total. The van der Waals surface area contributed by atoms with Crippen molar-refractivity contribution in [2.45, 2.75) is 13.1 Å². The molecule has 0 saturated carbocycles. The number of methoxy groups -OCH3 is 1. The average Bonchev–Trinajstić information content (AvgIpc) is 2.29. The number of amides is 1. The van der Waals surface area contributed by atoms with Crippen LogP contribution in [0.25, 0.3) is 0 Å². The van der Waals surface area contributed by atoms with E-state index in [1.165, 1.54) is 7.11 Å². The van der Waals surface area contributed by atoms with Gasteiger partial charge >= 0.3 is 0 Å². The van der Waals surface area contributed by atoms with Crippen LogP contribution in [-0.4, -0.2) is 31.6 Å². The molecule has 1 aromatic carbocycles. The van der Waals surface area contributed by atoms with E-state index in [1.807, 2.05) is 24.3 Å². The zero-order chi connectivity index (χ0) is 12.0. The van der Waals surface area contributed by atoms with Gasteiger partial charge in [-0.2, -0.15) is 0 Å². The molecule has 0 bridgehead atoms. The Labute approximate surface area is 96.0 Å². The van der Waals surface area contributed by atoms with Crippen molar-refractivity contribution in [2.75, 3.05) is 20.8 Å². The first kappa shape index (κ1) is 12.7. The van der Waals surface area contributed by atoms with Gasteiger partial charge in [-0.15, -0.1) is 0 Å². The molecule has 88 valence electrons. The summed E-state index contributed by atoms with van der Waals surface area (Å²) < 4.78 is 4.80. The van der Waals surface area contributed by atoms with E-state index in [-0.39, 0.29) is 12.5 Å². The Bertz CT molecular complexity index is 353. The quantitative estimate of drug-likeness (QED) is 0.800. The van der Waals surface area contributed by atoms with E-state index in [0.717, 1.165) is 11.1 Å².